The van der Waals surface area contributed by atoms with Crippen LogP contribution in [0.2, 0.25) is 0 Å². The van der Waals surface area contributed by atoms with Gasteiger partial charge in [0.15, 0.2) is 6.23 Å². The van der Waals surface area contributed by atoms with Gasteiger partial charge in [0, 0.05) is 0 Å². The van der Waals surface area contributed by atoms with Crippen molar-refractivity contribution in [3.63, 3.8) is 0 Å². The molecule has 18 heavy (non-hydrogen) atoms. The van der Waals surface area contributed by atoms with Crippen LogP contribution in [0.5, 0.6) is 0 Å². The second-order valence-corrected chi connectivity index (χ2v) is 4.84. The molecule has 0 saturated carbocycles. The van der Waals surface area contributed by atoms with Crippen LogP contribution in [0.25, 0.3) is 0 Å². The Balaban J connectivity index is 2.79. The summed E-state index contributed by atoms with van der Waals surface area (Å²) >= 11 is 0. The third-order valence-corrected chi connectivity index (χ3v) is 2.74. The van der Waals surface area contributed by atoms with Crippen LogP contribution in [0.3, 0.4) is 0 Å². The Labute approximate surface area is 102 Å². The molecule has 106 valence electrons. The summed E-state index contributed by atoms with van der Waals surface area (Å²) < 4.78 is 20.0. The van der Waals surface area contributed by atoms with Crippen molar-refractivity contribution in [2.45, 2.75) is 24.5 Å². The number of ether oxygens (including phenoxy) is 1. The summed E-state index contributed by atoms with van der Waals surface area (Å²) in [7, 11) is -4.92. The number of carbonyl (C=O) groups excluding carboxylic acids is 1. The number of nitrogens with two attached hydrogens (primary N) is 1. The Morgan fingerprint density at radius 3 is 2.61 bits per heavy atom. The molecular formula is C7H15N2O8P. The molecule has 1 unspecified atom stereocenters. The van der Waals surface area contributed by atoms with Crippen LogP contribution in [0.15, 0.2) is 0 Å². The SMILES string of the molecule is NCC(=O)NC1OC[C@@H](O)[C@@H](O)[C@H]1OP(=O)(O)O. The zero-order chi connectivity index (χ0) is 13.9. The van der Waals surface area contributed by atoms with Gasteiger partial charge >= 0.3 is 7.82 Å². The highest BCUT2D eigenvalue weighted by Gasteiger charge is 2.43. The van der Waals surface area contributed by atoms with Crippen LogP contribution in [-0.4, -0.2) is 63.6 Å². The summed E-state index contributed by atoms with van der Waals surface area (Å²) in [4.78, 5) is 28.4. The van der Waals surface area contributed by atoms with Crippen LogP contribution in [0.1, 0.15) is 0 Å². The number of phosphoric acid groups is 1. The number of hydrogen-bond acceptors (Lipinski definition) is 7. The van der Waals surface area contributed by atoms with Crippen molar-refractivity contribution in [2.24, 2.45) is 5.73 Å². The molecule has 0 aromatic carbocycles. The fraction of sp³-hybridized carbons (Fsp3) is 0.857. The zero-order valence-corrected chi connectivity index (χ0v) is 10.1. The minimum atomic E-state index is -4.92. The maximum Gasteiger partial charge on any atom is 0.470 e. The van der Waals surface area contributed by atoms with Crippen LogP contribution in [-0.2, 0) is 18.6 Å². The van der Waals surface area contributed by atoms with Crippen LogP contribution in [0.4, 0.5) is 0 Å². The van der Waals surface area contributed by atoms with Crippen molar-refractivity contribution in [1.29, 1.82) is 0 Å². The first-order valence-corrected chi connectivity index (χ1v) is 6.48. The monoisotopic (exact) mass is 286 g/mol. The van der Waals surface area contributed by atoms with Crippen molar-refractivity contribution < 1.29 is 38.6 Å². The fourth-order valence-electron chi connectivity index (χ4n) is 1.41. The summed E-state index contributed by atoms with van der Waals surface area (Å²) in [6.45, 7) is -0.696. The van der Waals surface area contributed by atoms with Crippen molar-refractivity contribution in [3.8, 4) is 0 Å². The predicted molar refractivity (Wildman–Crippen MR) is 55.9 cm³/mol. The van der Waals surface area contributed by atoms with Crippen molar-refractivity contribution in [1.82, 2.24) is 5.32 Å². The van der Waals surface area contributed by atoms with E-state index in [1.54, 1.807) is 0 Å². The third kappa shape index (κ3) is 4.26. The number of aliphatic hydroxyl groups excluding tert-OH is 2. The summed E-state index contributed by atoms with van der Waals surface area (Å²) in [6, 6.07) is 0. The van der Waals surface area contributed by atoms with Crippen molar-refractivity contribution in [3.05, 3.63) is 0 Å². The number of hydrogen-bond donors (Lipinski definition) is 6. The maximum absolute atomic E-state index is 11.1. The smallest absolute Gasteiger partial charge is 0.388 e. The van der Waals surface area contributed by atoms with E-state index >= 15 is 0 Å². The minimum absolute atomic E-state index is 0.322. The average Bonchev–Trinajstić information content (AvgIpc) is 2.27. The molecule has 0 aromatic heterocycles. The lowest BCUT2D eigenvalue weighted by Gasteiger charge is -2.37. The molecule has 1 amide bonds. The molecule has 0 radical (unpaired) electrons. The van der Waals surface area contributed by atoms with E-state index in [4.69, 9.17) is 20.3 Å². The normalized spacial score (nSPS) is 33.2. The number of nitrogens with one attached hydrogen (secondary N) is 1. The highest BCUT2D eigenvalue weighted by atomic mass is 31.2. The molecule has 1 rings (SSSR count). The molecule has 0 spiro atoms. The Hall–Kier alpha value is -0.580. The van der Waals surface area contributed by atoms with Gasteiger partial charge in [-0.25, -0.2) is 4.57 Å². The fourth-order valence-corrected chi connectivity index (χ4v) is 1.96. The number of carbonyl (C=O) groups is 1. The summed E-state index contributed by atoms with van der Waals surface area (Å²) in [5.41, 5.74) is 5.05. The van der Waals surface area contributed by atoms with E-state index in [1.165, 1.54) is 0 Å². The van der Waals surface area contributed by atoms with E-state index in [0.717, 1.165) is 0 Å². The van der Waals surface area contributed by atoms with E-state index in [2.05, 4.69) is 9.84 Å². The Morgan fingerprint density at radius 2 is 2.11 bits per heavy atom. The van der Waals surface area contributed by atoms with E-state index in [0.29, 0.717) is 0 Å². The quantitative estimate of drug-likeness (QED) is 0.288. The molecule has 0 aromatic rings. The molecule has 0 bridgehead atoms. The standard InChI is InChI=1S/C7H15N2O8P/c8-1-4(11)9-7-6(17-18(13,14)15)5(12)3(10)2-16-7/h3,5-7,10,12H,1-2,8H2,(H,9,11)(H2,13,14,15)/t3-,5-,6-,7?/m1/s1. The van der Waals surface area contributed by atoms with Crippen LogP contribution >= 0.6 is 7.82 Å². The third-order valence-electron chi connectivity index (χ3n) is 2.22. The first-order chi connectivity index (χ1) is 8.24. The van der Waals surface area contributed by atoms with Gasteiger partial charge in [-0.3, -0.25) is 9.32 Å². The van der Waals surface area contributed by atoms with Gasteiger partial charge in [0.2, 0.25) is 5.91 Å². The van der Waals surface area contributed by atoms with Gasteiger partial charge in [0.25, 0.3) is 0 Å². The average molecular weight is 286 g/mol. The van der Waals surface area contributed by atoms with E-state index in [1.807, 2.05) is 0 Å². The predicted octanol–water partition coefficient (Wildman–Crippen LogP) is -3.38. The Kier molecular flexibility index (Phi) is 5.20. The summed E-state index contributed by atoms with van der Waals surface area (Å²) in [5, 5.41) is 21.1. The molecule has 1 heterocycles. The first kappa shape index (κ1) is 15.5. The molecule has 1 fully saturated rings. The van der Waals surface area contributed by atoms with Crippen LogP contribution in [0, 0.1) is 0 Å². The maximum atomic E-state index is 11.1. The molecular weight excluding hydrogens is 271 g/mol. The van der Waals surface area contributed by atoms with Gasteiger partial charge in [0.1, 0.15) is 18.3 Å². The molecule has 10 nitrogen and oxygen atoms in total. The molecule has 1 aliphatic rings. The van der Waals surface area contributed by atoms with E-state index in [9.17, 15) is 19.6 Å². The Morgan fingerprint density at radius 1 is 1.50 bits per heavy atom. The first-order valence-electron chi connectivity index (χ1n) is 4.95. The number of amides is 1. The van der Waals surface area contributed by atoms with Gasteiger partial charge in [0.05, 0.1) is 13.2 Å². The summed E-state index contributed by atoms with van der Waals surface area (Å²) in [5.74, 6) is -0.664. The van der Waals surface area contributed by atoms with Gasteiger partial charge in [-0.2, -0.15) is 0 Å². The van der Waals surface area contributed by atoms with Crippen molar-refractivity contribution in [2.75, 3.05) is 13.2 Å². The van der Waals surface area contributed by atoms with Gasteiger partial charge in [-0.15, -0.1) is 0 Å². The Bertz CT molecular complexity index is 346. The highest BCUT2D eigenvalue weighted by molar-refractivity contribution is 7.46. The number of rotatable bonds is 4. The molecule has 1 aliphatic heterocycles. The van der Waals surface area contributed by atoms with Crippen LogP contribution < -0.4 is 11.1 Å². The molecule has 1 saturated heterocycles. The topological polar surface area (TPSA) is 172 Å². The minimum Gasteiger partial charge on any atom is -0.388 e. The molecule has 4 atom stereocenters. The number of phosphoric ester groups is 1. The largest absolute Gasteiger partial charge is 0.470 e. The van der Waals surface area contributed by atoms with E-state index < -0.39 is 38.3 Å². The van der Waals surface area contributed by atoms with Crippen molar-refractivity contribution >= 4 is 13.7 Å². The number of aliphatic hydroxyl groups is 2. The highest BCUT2D eigenvalue weighted by Crippen LogP contribution is 2.40. The zero-order valence-electron chi connectivity index (χ0n) is 9.17. The lowest BCUT2D eigenvalue weighted by atomic mass is 10.0. The second kappa shape index (κ2) is 6.04. The van der Waals surface area contributed by atoms with Gasteiger partial charge in [-0.1, -0.05) is 0 Å². The van der Waals surface area contributed by atoms with E-state index in [-0.39, 0.29) is 13.2 Å². The van der Waals surface area contributed by atoms with Gasteiger partial charge < -0.3 is 35.8 Å². The lowest BCUT2D eigenvalue weighted by Crippen LogP contribution is -2.60. The molecule has 0 aliphatic carbocycles. The second-order valence-electron chi connectivity index (χ2n) is 3.64. The van der Waals surface area contributed by atoms with Gasteiger partial charge in [-0.05, 0) is 0 Å². The molecule has 7 N–H and O–H groups in total. The molecule has 11 heteroatoms. The summed E-state index contributed by atoms with van der Waals surface area (Å²) in [6.07, 6.45) is -5.92. The lowest BCUT2D eigenvalue weighted by molar-refractivity contribution is -0.192.